The molecule has 30 heavy (non-hydrogen) atoms. The van der Waals surface area contributed by atoms with E-state index < -0.39 is 0 Å². The van der Waals surface area contributed by atoms with E-state index in [-0.39, 0.29) is 11.9 Å². The van der Waals surface area contributed by atoms with Crippen LogP contribution in [0.25, 0.3) is 10.9 Å². The zero-order valence-corrected chi connectivity index (χ0v) is 17.6. The summed E-state index contributed by atoms with van der Waals surface area (Å²) >= 11 is 0. The lowest BCUT2D eigenvalue weighted by molar-refractivity contribution is 0.0969. The fraction of sp³-hybridized carbons (Fsp3) is 0.318. The van der Waals surface area contributed by atoms with Gasteiger partial charge in [-0.15, -0.1) is 0 Å². The SMILES string of the molecule is COc1cc2c(cc1OC)C(=O)N(c1cnnc3cc(OC)c(OC)cc13)C(C)C2. The third kappa shape index (κ3) is 3.04. The van der Waals surface area contributed by atoms with Gasteiger partial charge in [0, 0.05) is 23.1 Å². The summed E-state index contributed by atoms with van der Waals surface area (Å²) in [4.78, 5) is 15.3. The number of hydrogen-bond donors (Lipinski definition) is 0. The molecule has 4 rings (SSSR count). The van der Waals surface area contributed by atoms with E-state index in [1.807, 2.05) is 19.1 Å². The van der Waals surface area contributed by atoms with Gasteiger partial charge in [0.2, 0.25) is 0 Å². The van der Waals surface area contributed by atoms with Crippen LogP contribution < -0.4 is 23.8 Å². The van der Waals surface area contributed by atoms with Crippen LogP contribution in [0.4, 0.5) is 5.69 Å². The molecular weight excluding hydrogens is 386 g/mol. The quantitative estimate of drug-likeness (QED) is 0.640. The second-order valence-electron chi connectivity index (χ2n) is 7.05. The Kier molecular flexibility index (Phi) is 5.07. The number of aromatic nitrogens is 2. The highest BCUT2D eigenvalue weighted by atomic mass is 16.5. The van der Waals surface area contributed by atoms with E-state index in [2.05, 4.69) is 10.2 Å². The molecule has 0 radical (unpaired) electrons. The van der Waals surface area contributed by atoms with E-state index in [1.165, 1.54) is 0 Å². The minimum absolute atomic E-state index is 0.0939. The molecule has 8 nitrogen and oxygen atoms in total. The molecule has 3 aromatic rings. The molecule has 0 spiro atoms. The van der Waals surface area contributed by atoms with Crippen molar-refractivity contribution in [1.29, 1.82) is 0 Å². The number of amides is 1. The summed E-state index contributed by atoms with van der Waals surface area (Å²) in [6.07, 6.45) is 2.27. The van der Waals surface area contributed by atoms with Crippen molar-refractivity contribution in [3.8, 4) is 23.0 Å². The first kappa shape index (κ1) is 19.8. The van der Waals surface area contributed by atoms with E-state index in [0.29, 0.717) is 46.2 Å². The largest absolute Gasteiger partial charge is 0.493 e. The second-order valence-corrected chi connectivity index (χ2v) is 7.05. The molecular formula is C22H23N3O5. The van der Waals surface area contributed by atoms with Crippen molar-refractivity contribution in [2.24, 2.45) is 0 Å². The first-order valence-corrected chi connectivity index (χ1v) is 9.48. The van der Waals surface area contributed by atoms with Crippen molar-refractivity contribution in [3.63, 3.8) is 0 Å². The summed E-state index contributed by atoms with van der Waals surface area (Å²) in [5.41, 5.74) is 2.78. The zero-order valence-electron chi connectivity index (χ0n) is 17.6. The van der Waals surface area contributed by atoms with Crippen LogP contribution in [0, 0.1) is 0 Å². The second kappa shape index (κ2) is 7.70. The average Bonchev–Trinajstić information content (AvgIpc) is 2.77. The van der Waals surface area contributed by atoms with Crippen LogP contribution in [0.1, 0.15) is 22.8 Å². The van der Waals surface area contributed by atoms with Gasteiger partial charge in [-0.05, 0) is 37.1 Å². The standard InChI is InChI=1S/C22H23N3O5/c1-12-6-13-7-18(27-2)19(28-3)8-14(13)22(26)25(12)17-11-23-24-16-10-21(30-5)20(29-4)9-15(16)17/h7-12H,6H2,1-5H3. The Morgan fingerprint density at radius 1 is 0.900 bits per heavy atom. The predicted molar refractivity (Wildman–Crippen MR) is 112 cm³/mol. The molecule has 2 aromatic carbocycles. The number of nitrogens with zero attached hydrogens (tertiary/aromatic N) is 3. The number of carbonyl (C=O) groups is 1. The highest BCUT2D eigenvalue weighted by molar-refractivity contribution is 6.12. The van der Waals surface area contributed by atoms with Crippen molar-refractivity contribution in [2.45, 2.75) is 19.4 Å². The van der Waals surface area contributed by atoms with Crippen molar-refractivity contribution >= 4 is 22.5 Å². The van der Waals surface area contributed by atoms with Gasteiger partial charge in [0.05, 0.1) is 45.8 Å². The van der Waals surface area contributed by atoms with Crippen LogP contribution >= 0.6 is 0 Å². The summed E-state index contributed by atoms with van der Waals surface area (Å²) in [6.45, 7) is 2.00. The number of carbonyl (C=O) groups excluding carboxylic acids is 1. The predicted octanol–water partition coefficient (Wildman–Crippen LogP) is 3.26. The van der Waals surface area contributed by atoms with Crippen LogP contribution in [-0.4, -0.2) is 50.6 Å². The van der Waals surface area contributed by atoms with E-state index in [9.17, 15) is 4.79 Å². The number of ether oxygens (including phenoxy) is 4. The molecule has 156 valence electrons. The summed E-state index contributed by atoms with van der Waals surface area (Å²) in [5, 5.41) is 9.08. The Bertz CT molecular complexity index is 1130. The lowest BCUT2D eigenvalue weighted by Crippen LogP contribution is -2.44. The van der Waals surface area contributed by atoms with Crippen LogP contribution in [0.15, 0.2) is 30.5 Å². The minimum Gasteiger partial charge on any atom is -0.493 e. The fourth-order valence-corrected chi connectivity index (χ4v) is 3.94. The van der Waals surface area contributed by atoms with Crippen LogP contribution in [0.2, 0.25) is 0 Å². The Labute approximate surface area is 174 Å². The van der Waals surface area contributed by atoms with Gasteiger partial charge in [0.1, 0.15) is 0 Å². The lowest BCUT2D eigenvalue weighted by atomic mass is 9.92. The van der Waals surface area contributed by atoms with Gasteiger partial charge in [-0.3, -0.25) is 4.79 Å². The van der Waals surface area contributed by atoms with Crippen LogP contribution in [-0.2, 0) is 6.42 Å². The third-order valence-electron chi connectivity index (χ3n) is 5.40. The molecule has 0 N–H and O–H groups in total. The van der Waals surface area contributed by atoms with Gasteiger partial charge < -0.3 is 23.8 Å². The van der Waals surface area contributed by atoms with Crippen molar-refractivity contribution in [3.05, 3.63) is 41.6 Å². The van der Waals surface area contributed by atoms with Gasteiger partial charge in [0.15, 0.2) is 23.0 Å². The van der Waals surface area contributed by atoms with Gasteiger partial charge in [0.25, 0.3) is 5.91 Å². The van der Waals surface area contributed by atoms with Gasteiger partial charge in [-0.2, -0.15) is 10.2 Å². The number of anilines is 1. The molecule has 2 heterocycles. The normalized spacial score (nSPS) is 15.7. The smallest absolute Gasteiger partial charge is 0.259 e. The molecule has 1 aromatic heterocycles. The Hall–Kier alpha value is -3.55. The topological polar surface area (TPSA) is 83.0 Å². The molecule has 1 aliphatic rings. The van der Waals surface area contributed by atoms with Gasteiger partial charge >= 0.3 is 0 Å². The first-order valence-electron chi connectivity index (χ1n) is 9.48. The highest BCUT2D eigenvalue weighted by Gasteiger charge is 2.33. The maximum Gasteiger partial charge on any atom is 0.259 e. The number of hydrogen-bond acceptors (Lipinski definition) is 7. The molecule has 1 aliphatic heterocycles. The molecule has 0 saturated heterocycles. The molecule has 0 bridgehead atoms. The van der Waals surface area contributed by atoms with Crippen molar-refractivity contribution < 1.29 is 23.7 Å². The maximum absolute atomic E-state index is 13.5. The maximum atomic E-state index is 13.5. The summed E-state index contributed by atoms with van der Waals surface area (Å²) < 4.78 is 21.6. The van der Waals surface area contributed by atoms with Gasteiger partial charge in [-0.25, -0.2) is 0 Å². The summed E-state index contributed by atoms with van der Waals surface area (Å²) in [6, 6.07) is 7.09. The molecule has 1 unspecified atom stereocenters. The Morgan fingerprint density at radius 2 is 1.50 bits per heavy atom. The summed E-state index contributed by atoms with van der Waals surface area (Å²) in [7, 11) is 6.28. The number of rotatable bonds is 5. The van der Waals surface area contributed by atoms with E-state index in [4.69, 9.17) is 18.9 Å². The number of fused-ring (bicyclic) bond motifs is 2. The highest BCUT2D eigenvalue weighted by Crippen LogP contribution is 2.40. The van der Waals surface area contributed by atoms with Gasteiger partial charge in [-0.1, -0.05) is 0 Å². The molecule has 8 heteroatoms. The van der Waals surface area contributed by atoms with Crippen LogP contribution in [0.5, 0.6) is 23.0 Å². The molecule has 0 saturated carbocycles. The minimum atomic E-state index is -0.131. The molecule has 1 atom stereocenters. The Balaban J connectivity index is 1.87. The monoisotopic (exact) mass is 409 g/mol. The Morgan fingerprint density at radius 3 is 2.17 bits per heavy atom. The zero-order chi connectivity index (χ0) is 21.4. The van der Waals surface area contributed by atoms with E-state index >= 15 is 0 Å². The fourth-order valence-electron chi connectivity index (χ4n) is 3.94. The molecule has 0 aliphatic carbocycles. The summed E-state index contributed by atoms with van der Waals surface area (Å²) in [5.74, 6) is 2.11. The average molecular weight is 409 g/mol. The number of benzene rings is 2. The van der Waals surface area contributed by atoms with Crippen LogP contribution in [0.3, 0.4) is 0 Å². The van der Waals surface area contributed by atoms with E-state index in [0.717, 1.165) is 10.9 Å². The van der Waals surface area contributed by atoms with Crippen molar-refractivity contribution in [2.75, 3.05) is 33.3 Å². The first-order chi connectivity index (χ1) is 14.5. The molecule has 1 amide bonds. The lowest BCUT2D eigenvalue weighted by Gasteiger charge is -2.35. The van der Waals surface area contributed by atoms with E-state index in [1.54, 1.807) is 51.7 Å². The van der Waals surface area contributed by atoms with Crippen molar-refractivity contribution in [1.82, 2.24) is 10.2 Å². The molecule has 0 fully saturated rings. The third-order valence-corrected chi connectivity index (χ3v) is 5.40. The number of methoxy groups -OCH3 is 4.